The largest absolute Gasteiger partial charge is 0.329 e. The molecule has 21 heavy (non-hydrogen) atoms. The molecule has 0 bridgehead atoms. The molecule has 0 saturated heterocycles. The van der Waals surface area contributed by atoms with Gasteiger partial charge in [-0.2, -0.15) is 0 Å². The van der Waals surface area contributed by atoms with Gasteiger partial charge in [-0.15, -0.1) is 11.3 Å². The minimum absolute atomic E-state index is 0.173. The molecular formula is C16H20BrClN2S. The van der Waals surface area contributed by atoms with Gasteiger partial charge in [-0.3, -0.25) is 4.90 Å². The molecule has 0 fully saturated rings. The number of benzene rings is 1. The summed E-state index contributed by atoms with van der Waals surface area (Å²) in [4.78, 5) is 3.74. The summed E-state index contributed by atoms with van der Waals surface area (Å²) in [7, 11) is 2.14. The predicted molar refractivity (Wildman–Crippen MR) is 96.2 cm³/mol. The Morgan fingerprint density at radius 2 is 2.14 bits per heavy atom. The Kier molecular flexibility index (Phi) is 6.26. The monoisotopic (exact) mass is 386 g/mol. The van der Waals surface area contributed by atoms with Crippen LogP contribution in [0.1, 0.15) is 23.4 Å². The number of likely N-dealkylation sites (N-methyl/N-ethyl adjacent to an activating group) is 1. The van der Waals surface area contributed by atoms with Crippen LogP contribution in [-0.4, -0.2) is 24.5 Å². The van der Waals surface area contributed by atoms with Crippen LogP contribution in [0.25, 0.3) is 0 Å². The van der Waals surface area contributed by atoms with Crippen molar-refractivity contribution in [1.29, 1.82) is 0 Å². The van der Waals surface area contributed by atoms with Crippen LogP contribution in [0.4, 0.5) is 0 Å². The van der Waals surface area contributed by atoms with Gasteiger partial charge in [-0.25, -0.2) is 0 Å². The molecule has 2 unspecified atom stereocenters. The molecule has 2 atom stereocenters. The Bertz CT molecular complexity index is 574. The zero-order valence-electron chi connectivity index (χ0n) is 12.2. The molecule has 0 aliphatic rings. The summed E-state index contributed by atoms with van der Waals surface area (Å²) >= 11 is 11.4. The minimum atomic E-state index is 0.173. The van der Waals surface area contributed by atoms with Crippen LogP contribution in [0.2, 0.25) is 5.02 Å². The Morgan fingerprint density at radius 3 is 2.71 bits per heavy atom. The number of halogens is 2. The maximum absolute atomic E-state index is 6.03. The summed E-state index contributed by atoms with van der Waals surface area (Å²) in [5, 5.41) is 2.86. The van der Waals surface area contributed by atoms with Crippen molar-refractivity contribution in [2.75, 3.05) is 13.6 Å². The van der Waals surface area contributed by atoms with Crippen molar-refractivity contribution in [1.82, 2.24) is 4.90 Å². The Balaban J connectivity index is 2.15. The van der Waals surface area contributed by atoms with Crippen LogP contribution in [0.15, 0.2) is 40.2 Å². The summed E-state index contributed by atoms with van der Waals surface area (Å²) in [6, 6.07) is 10.8. The summed E-state index contributed by atoms with van der Waals surface area (Å²) in [5.74, 6) is 0. The molecule has 0 amide bonds. The number of nitrogens with two attached hydrogens (primary N) is 1. The van der Waals surface area contributed by atoms with Crippen LogP contribution in [0.3, 0.4) is 0 Å². The Hall–Kier alpha value is -0.390. The molecule has 0 spiro atoms. The van der Waals surface area contributed by atoms with Gasteiger partial charge in [0.25, 0.3) is 0 Å². The first-order chi connectivity index (χ1) is 10.0. The van der Waals surface area contributed by atoms with Gasteiger partial charge in [-0.1, -0.05) is 39.7 Å². The SMILES string of the molecule is CC(Cc1cccs1)N(C)C(CN)c1ccc(Cl)cc1Br. The van der Waals surface area contributed by atoms with Crippen molar-refractivity contribution in [2.45, 2.75) is 25.4 Å². The quantitative estimate of drug-likeness (QED) is 0.776. The van der Waals surface area contributed by atoms with Gasteiger partial charge in [0.2, 0.25) is 0 Å². The molecule has 0 aliphatic heterocycles. The Morgan fingerprint density at radius 1 is 1.38 bits per heavy atom. The lowest BCUT2D eigenvalue weighted by atomic mass is 10.0. The van der Waals surface area contributed by atoms with E-state index in [0.29, 0.717) is 12.6 Å². The van der Waals surface area contributed by atoms with Crippen molar-refractivity contribution in [3.63, 3.8) is 0 Å². The van der Waals surface area contributed by atoms with Gasteiger partial charge >= 0.3 is 0 Å². The van der Waals surface area contributed by atoms with Gasteiger partial charge in [0.15, 0.2) is 0 Å². The normalized spacial score (nSPS) is 14.4. The van der Waals surface area contributed by atoms with E-state index in [1.165, 1.54) is 10.4 Å². The zero-order valence-corrected chi connectivity index (χ0v) is 15.4. The van der Waals surface area contributed by atoms with Crippen molar-refractivity contribution in [3.05, 3.63) is 55.6 Å². The molecule has 2 N–H and O–H groups in total. The molecule has 1 heterocycles. The topological polar surface area (TPSA) is 29.3 Å². The lowest BCUT2D eigenvalue weighted by Crippen LogP contribution is -2.38. The van der Waals surface area contributed by atoms with Crippen molar-refractivity contribution >= 4 is 38.9 Å². The van der Waals surface area contributed by atoms with E-state index in [2.05, 4.69) is 58.4 Å². The lowest BCUT2D eigenvalue weighted by molar-refractivity contribution is 0.188. The van der Waals surface area contributed by atoms with E-state index in [1.54, 1.807) is 11.3 Å². The fourth-order valence-corrected chi connectivity index (χ4v) is 4.23. The third-order valence-electron chi connectivity index (χ3n) is 3.81. The van der Waals surface area contributed by atoms with Gasteiger partial charge in [0.1, 0.15) is 0 Å². The second-order valence-corrected chi connectivity index (χ2v) is 7.54. The van der Waals surface area contributed by atoms with Crippen LogP contribution in [0.5, 0.6) is 0 Å². The van der Waals surface area contributed by atoms with Crippen LogP contribution in [-0.2, 0) is 6.42 Å². The third-order valence-corrected chi connectivity index (χ3v) is 5.63. The van der Waals surface area contributed by atoms with Crippen LogP contribution in [0, 0.1) is 0 Å². The average Bonchev–Trinajstić information content (AvgIpc) is 2.94. The zero-order chi connectivity index (χ0) is 15.4. The minimum Gasteiger partial charge on any atom is -0.329 e. The smallest absolute Gasteiger partial charge is 0.0481 e. The number of rotatable bonds is 6. The van der Waals surface area contributed by atoms with E-state index >= 15 is 0 Å². The van der Waals surface area contributed by atoms with Gasteiger partial charge in [0, 0.05) is 33.0 Å². The van der Waals surface area contributed by atoms with Crippen molar-refractivity contribution in [2.24, 2.45) is 5.73 Å². The van der Waals surface area contributed by atoms with Gasteiger partial charge < -0.3 is 5.73 Å². The molecule has 2 aromatic rings. The number of hydrogen-bond acceptors (Lipinski definition) is 3. The Labute approximate surface area is 144 Å². The molecule has 0 saturated carbocycles. The maximum atomic E-state index is 6.03. The highest BCUT2D eigenvalue weighted by Crippen LogP contribution is 2.30. The molecule has 2 rings (SSSR count). The molecule has 5 heteroatoms. The maximum Gasteiger partial charge on any atom is 0.0481 e. The van der Waals surface area contributed by atoms with Gasteiger partial charge in [-0.05, 0) is 49.5 Å². The van der Waals surface area contributed by atoms with E-state index in [0.717, 1.165) is 15.9 Å². The number of thiophene rings is 1. The summed E-state index contributed by atoms with van der Waals surface area (Å²) in [6.07, 6.45) is 1.04. The van der Waals surface area contributed by atoms with Crippen LogP contribution >= 0.6 is 38.9 Å². The average molecular weight is 388 g/mol. The lowest BCUT2D eigenvalue weighted by Gasteiger charge is -2.33. The summed E-state index contributed by atoms with van der Waals surface area (Å²) < 4.78 is 1.01. The van der Waals surface area contributed by atoms with E-state index in [9.17, 15) is 0 Å². The highest BCUT2D eigenvalue weighted by atomic mass is 79.9. The fourth-order valence-electron chi connectivity index (χ4n) is 2.46. The first-order valence-corrected chi connectivity index (χ1v) is 8.97. The molecule has 1 aromatic carbocycles. The van der Waals surface area contributed by atoms with Gasteiger partial charge in [0.05, 0.1) is 0 Å². The second kappa shape index (κ2) is 7.75. The van der Waals surface area contributed by atoms with Crippen molar-refractivity contribution in [3.8, 4) is 0 Å². The first kappa shape index (κ1) is 17.0. The highest BCUT2D eigenvalue weighted by molar-refractivity contribution is 9.10. The fraction of sp³-hybridized carbons (Fsp3) is 0.375. The van der Waals surface area contributed by atoms with Crippen LogP contribution < -0.4 is 5.73 Å². The second-order valence-electron chi connectivity index (χ2n) is 5.22. The van der Waals surface area contributed by atoms with E-state index < -0.39 is 0 Å². The standard InChI is InChI=1S/C16H20BrClN2S/c1-11(8-13-4-3-7-21-13)20(2)16(10-19)14-6-5-12(18)9-15(14)17/h3-7,9,11,16H,8,10,19H2,1-2H3. The summed E-state index contributed by atoms with van der Waals surface area (Å²) in [5.41, 5.74) is 7.21. The first-order valence-electron chi connectivity index (χ1n) is 6.92. The third kappa shape index (κ3) is 4.30. The molecular weight excluding hydrogens is 368 g/mol. The molecule has 2 nitrogen and oxygen atoms in total. The van der Waals surface area contributed by atoms with E-state index in [1.807, 2.05) is 12.1 Å². The molecule has 114 valence electrons. The predicted octanol–water partition coefficient (Wildman–Crippen LogP) is 4.73. The van der Waals surface area contributed by atoms with E-state index in [4.69, 9.17) is 17.3 Å². The molecule has 0 radical (unpaired) electrons. The van der Waals surface area contributed by atoms with Crippen molar-refractivity contribution < 1.29 is 0 Å². The molecule has 0 aliphatic carbocycles. The number of hydrogen-bond donors (Lipinski definition) is 1. The molecule has 1 aromatic heterocycles. The highest BCUT2D eigenvalue weighted by Gasteiger charge is 2.22. The number of nitrogens with zero attached hydrogens (tertiary/aromatic N) is 1. The summed E-state index contributed by atoms with van der Waals surface area (Å²) in [6.45, 7) is 2.82. The van der Waals surface area contributed by atoms with E-state index in [-0.39, 0.29) is 6.04 Å².